The van der Waals surface area contributed by atoms with Gasteiger partial charge in [0.1, 0.15) is 6.61 Å². The summed E-state index contributed by atoms with van der Waals surface area (Å²) in [5.74, 6) is 0.814. The van der Waals surface area contributed by atoms with Gasteiger partial charge in [0.15, 0.2) is 0 Å². The number of rotatable bonds is 14. The first kappa shape index (κ1) is 21.3. The van der Waals surface area contributed by atoms with E-state index in [1.165, 1.54) is 0 Å². The van der Waals surface area contributed by atoms with E-state index in [9.17, 15) is 4.79 Å². The molecule has 0 aromatic carbocycles. The van der Waals surface area contributed by atoms with Crippen molar-refractivity contribution < 1.29 is 23.7 Å². The molecule has 0 aromatic heterocycles. The van der Waals surface area contributed by atoms with Gasteiger partial charge in [-0.1, -0.05) is 6.92 Å². The smallest absolute Gasteiger partial charge is 0.248 e. The molecule has 0 spiro atoms. The molecule has 0 atom stereocenters. The number of carbonyl (C=O) groups is 1. The summed E-state index contributed by atoms with van der Waals surface area (Å²) >= 11 is 0. The lowest BCUT2D eigenvalue weighted by Gasteiger charge is -2.30. The number of piperidine rings is 1. The fraction of sp³-hybridized carbons (Fsp3) is 0.941. The van der Waals surface area contributed by atoms with Crippen LogP contribution in [0.15, 0.2) is 0 Å². The Morgan fingerprint density at radius 1 is 0.917 bits per heavy atom. The van der Waals surface area contributed by atoms with Gasteiger partial charge in [-0.05, 0) is 25.8 Å². The average molecular weight is 346 g/mol. The first-order valence-corrected chi connectivity index (χ1v) is 8.97. The van der Waals surface area contributed by atoms with Crippen LogP contribution in [0.4, 0.5) is 0 Å². The molecule has 0 aromatic rings. The second-order valence-electron chi connectivity index (χ2n) is 6.06. The highest BCUT2D eigenvalue weighted by molar-refractivity contribution is 5.77. The lowest BCUT2D eigenvalue weighted by atomic mass is 9.99. The number of ether oxygens (including phenoxy) is 4. The molecule has 1 aliphatic rings. The van der Waals surface area contributed by atoms with Crippen molar-refractivity contribution in [2.24, 2.45) is 5.92 Å². The van der Waals surface area contributed by atoms with Gasteiger partial charge in [0.05, 0.1) is 46.2 Å². The molecule has 1 amide bonds. The summed E-state index contributed by atoms with van der Waals surface area (Å²) in [6, 6.07) is 0. The van der Waals surface area contributed by atoms with Crippen molar-refractivity contribution in [3.63, 3.8) is 0 Å². The van der Waals surface area contributed by atoms with E-state index in [1.807, 2.05) is 11.9 Å². The Hall–Kier alpha value is -0.730. The molecule has 1 N–H and O–H groups in total. The summed E-state index contributed by atoms with van der Waals surface area (Å²) in [5.41, 5.74) is 0. The third-order valence-electron chi connectivity index (χ3n) is 3.97. The zero-order chi connectivity index (χ0) is 17.5. The van der Waals surface area contributed by atoms with Gasteiger partial charge in [-0.3, -0.25) is 4.79 Å². The SMILES string of the molecule is CNCCOCCOCCOCCOCC(=O)N1CCC(C)CC1. The van der Waals surface area contributed by atoms with E-state index in [4.69, 9.17) is 18.9 Å². The monoisotopic (exact) mass is 346 g/mol. The van der Waals surface area contributed by atoms with Gasteiger partial charge in [0.25, 0.3) is 0 Å². The van der Waals surface area contributed by atoms with Crippen LogP contribution in [0.1, 0.15) is 19.8 Å². The van der Waals surface area contributed by atoms with Gasteiger partial charge in [0, 0.05) is 19.6 Å². The van der Waals surface area contributed by atoms with Gasteiger partial charge in [0.2, 0.25) is 5.91 Å². The minimum absolute atomic E-state index is 0.0866. The highest BCUT2D eigenvalue weighted by Gasteiger charge is 2.19. The van der Waals surface area contributed by atoms with E-state index in [1.54, 1.807) is 0 Å². The average Bonchev–Trinajstić information content (AvgIpc) is 2.59. The number of nitrogens with one attached hydrogen (secondary N) is 1. The summed E-state index contributed by atoms with van der Waals surface area (Å²) < 4.78 is 21.5. The molecule has 0 saturated carbocycles. The highest BCUT2D eigenvalue weighted by atomic mass is 16.6. The Morgan fingerprint density at radius 3 is 1.96 bits per heavy atom. The normalized spacial score (nSPS) is 15.8. The molecule has 0 radical (unpaired) electrons. The molecule has 1 rings (SSSR count). The van der Waals surface area contributed by atoms with E-state index in [0.29, 0.717) is 46.2 Å². The van der Waals surface area contributed by atoms with E-state index in [0.717, 1.165) is 38.4 Å². The molecular formula is C17H34N2O5. The number of nitrogens with zero attached hydrogens (tertiary/aromatic N) is 1. The van der Waals surface area contributed by atoms with Crippen LogP contribution in [0.5, 0.6) is 0 Å². The topological polar surface area (TPSA) is 69.3 Å². The zero-order valence-electron chi connectivity index (χ0n) is 15.3. The Kier molecular flexibility index (Phi) is 13.0. The van der Waals surface area contributed by atoms with Crippen molar-refractivity contribution in [3.05, 3.63) is 0 Å². The highest BCUT2D eigenvalue weighted by Crippen LogP contribution is 2.15. The van der Waals surface area contributed by atoms with Crippen LogP contribution in [0.25, 0.3) is 0 Å². The van der Waals surface area contributed by atoms with Crippen molar-refractivity contribution in [1.82, 2.24) is 10.2 Å². The third kappa shape index (κ3) is 10.9. The van der Waals surface area contributed by atoms with Crippen molar-refractivity contribution >= 4 is 5.91 Å². The molecule has 142 valence electrons. The molecule has 7 nitrogen and oxygen atoms in total. The van der Waals surface area contributed by atoms with Crippen LogP contribution in [-0.2, 0) is 23.7 Å². The van der Waals surface area contributed by atoms with Gasteiger partial charge >= 0.3 is 0 Å². The lowest BCUT2D eigenvalue weighted by Crippen LogP contribution is -2.40. The van der Waals surface area contributed by atoms with Crippen LogP contribution in [-0.4, -0.2) is 90.3 Å². The number of likely N-dealkylation sites (N-methyl/N-ethyl adjacent to an activating group) is 1. The van der Waals surface area contributed by atoms with Crippen molar-refractivity contribution in [2.75, 3.05) is 79.5 Å². The van der Waals surface area contributed by atoms with E-state index in [-0.39, 0.29) is 12.5 Å². The van der Waals surface area contributed by atoms with E-state index in [2.05, 4.69) is 12.2 Å². The number of likely N-dealkylation sites (tertiary alicyclic amines) is 1. The van der Waals surface area contributed by atoms with Crippen LogP contribution < -0.4 is 5.32 Å². The Balaban J connectivity index is 1.79. The van der Waals surface area contributed by atoms with Crippen LogP contribution in [0, 0.1) is 5.92 Å². The maximum Gasteiger partial charge on any atom is 0.248 e. The lowest BCUT2D eigenvalue weighted by molar-refractivity contribution is -0.138. The number of hydrogen-bond acceptors (Lipinski definition) is 6. The molecule has 1 fully saturated rings. The van der Waals surface area contributed by atoms with Crippen molar-refractivity contribution in [3.8, 4) is 0 Å². The van der Waals surface area contributed by atoms with Gasteiger partial charge in [-0.25, -0.2) is 0 Å². The standard InChI is InChI=1S/C17H34N2O5/c1-16-3-6-19(7-4-16)17(20)15-24-14-13-23-12-11-22-10-9-21-8-5-18-2/h16,18H,3-15H2,1-2H3. The van der Waals surface area contributed by atoms with Gasteiger partial charge in [-0.2, -0.15) is 0 Å². The minimum atomic E-state index is 0.0866. The summed E-state index contributed by atoms with van der Waals surface area (Å²) in [6.07, 6.45) is 2.19. The van der Waals surface area contributed by atoms with Gasteiger partial charge < -0.3 is 29.2 Å². The summed E-state index contributed by atoms with van der Waals surface area (Å²) in [7, 11) is 1.89. The van der Waals surface area contributed by atoms with Gasteiger partial charge in [-0.15, -0.1) is 0 Å². The minimum Gasteiger partial charge on any atom is -0.378 e. The largest absolute Gasteiger partial charge is 0.378 e. The Labute approximate surface area is 145 Å². The number of carbonyl (C=O) groups excluding carboxylic acids is 1. The van der Waals surface area contributed by atoms with Crippen LogP contribution in [0.2, 0.25) is 0 Å². The zero-order valence-corrected chi connectivity index (χ0v) is 15.3. The molecule has 1 saturated heterocycles. The Bertz CT molecular complexity index is 309. The Morgan fingerprint density at radius 2 is 1.42 bits per heavy atom. The third-order valence-corrected chi connectivity index (χ3v) is 3.97. The first-order valence-electron chi connectivity index (χ1n) is 8.97. The number of amides is 1. The summed E-state index contributed by atoms with van der Waals surface area (Å²) in [6.45, 7) is 8.80. The predicted molar refractivity (Wildman–Crippen MR) is 92.2 cm³/mol. The fourth-order valence-electron chi connectivity index (χ4n) is 2.34. The summed E-state index contributed by atoms with van der Waals surface area (Å²) in [4.78, 5) is 13.8. The first-order chi connectivity index (χ1) is 11.7. The molecule has 7 heteroatoms. The van der Waals surface area contributed by atoms with Crippen LogP contribution >= 0.6 is 0 Å². The maximum atomic E-state index is 11.9. The number of hydrogen-bond donors (Lipinski definition) is 1. The summed E-state index contributed by atoms with van der Waals surface area (Å²) in [5, 5.41) is 3.01. The molecule has 0 aliphatic carbocycles. The van der Waals surface area contributed by atoms with Crippen LogP contribution in [0.3, 0.4) is 0 Å². The molecule has 1 aliphatic heterocycles. The molecule has 1 heterocycles. The quantitative estimate of drug-likeness (QED) is 0.463. The van der Waals surface area contributed by atoms with Crippen molar-refractivity contribution in [2.45, 2.75) is 19.8 Å². The maximum absolute atomic E-state index is 11.9. The molecular weight excluding hydrogens is 312 g/mol. The fourth-order valence-corrected chi connectivity index (χ4v) is 2.34. The second kappa shape index (κ2) is 14.6. The van der Waals surface area contributed by atoms with E-state index >= 15 is 0 Å². The van der Waals surface area contributed by atoms with Crippen molar-refractivity contribution in [1.29, 1.82) is 0 Å². The predicted octanol–water partition coefficient (Wildman–Crippen LogP) is 0.531. The van der Waals surface area contributed by atoms with E-state index < -0.39 is 0 Å². The molecule has 0 unspecified atom stereocenters. The molecule has 24 heavy (non-hydrogen) atoms. The second-order valence-corrected chi connectivity index (χ2v) is 6.06. The molecule has 0 bridgehead atoms.